The van der Waals surface area contributed by atoms with E-state index in [2.05, 4.69) is 10.3 Å². The Kier molecular flexibility index (Phi) is 4.81. The maximum absolute atomic E-state index is 12.1. The summed E-state index contributed by atoms with van der Waals surface area (Å²) in [6, 6.07) is 5.06. The first-order chi connectivity index (χ1) is 11.3. The van der Waals surface area contributed by atoms with E-state index in [4.69, 9.17) is 11.6 Å². The number of carbonyl (C=O) groups is 1. The summed E-state index contributed by atoms with van der Waals surface area (Å²) in [4.78, 5) is 18.5. The zero-order valence-electron chi connectivity index (χ0n) is 13.3. The van der Waals surface area contributed by atoms with Crippen LogP contribution in [-0.2, 0) is 14.6 Å². The van der Waals surface area contributed by atoms with E-state index in [-0.39, 0.29) is 35.2 Å². The Bertz CT molecular complexity index is 810. The Morgan fingerprint density at radius 2 is 2.21 bits per heavy atom. The van der Waals surface area contributed by atoms with Crippen molar-refractivity contribution < 1.29 is 13.2 Å². The van der Waals surface area contributed by atoms with Crippen molar-refractivity contribution in [1.29, 1.82) is 0 Å². The molecule has 0 aliphatic carbocycles. The molecule has 6 nitrogen and oxygen atoms in total. The van der Waals surface area contributed by atoms with Gasteiger partial charge in [0, 0.05) is 17.8 Å². The Morgan fingerprint density at radius 1 is 1.46 bits per heavy atom. The number of anilines is 1. The highest BCUT2D eigenvalue weighted by Crippen LogP contribution is 2.30. The van der Waals surface area contributed by atoms with Crippen LogP contribution in [0.5, 0.6) is 0 Å². The van der Waals surface area contributed by atoms with Crippen LogP contribution in [0.2, 0.25) is 5.02 Å². The molecular weight excluding hydrogens is 370 g/mol. The minimum absolute atomic E-state index is 0.0972. The number of carbonyl (C=O) groups excluding carboxylic acids is 1. The minimum atomic E-state index is -2.99. The average molecular weight is 388 g/mol. The van der Waals surface area contributed by atoms with Crippen LogP contribution in [0.25, 0.3) is 0 Å². The van der Waals surface area contributed by atoms with Gasteiger partial charge in [-0.1, -0.05) is 29.4 Å². The lowest BCUT2D eigenvalue weighted by Crippen LogP contribution is -2.35. The number of hydrogen-bond donors (Lipinski definition) is 1. The van der Waals surface area contributed by atoms with Crippen LogP contribution in [0.15, 0.2) is 23.2 Å². The Morgan fingerprint density at radius 3 is 2.92 bits per heavy atom. The largest absolute Gasteiger partial charge is 0.348 e. The van der Waals surface area contributed by atoms with E-state index in [0.717, 1.165) is 10.7 Å². The zero-order chi connectivity index (χ0) is 17.5. The summed E-state index contributed by atoms with van der Waals surface area (Å²) in [5.41, 5.74) is 1.52. The molecule has 0 bridgehead atoms. The number of likely N-dealkylation sites (N-methyl/N-ethyl adjacent to an activating group) is 1. The molecule has 0 saturated carbocycles. The van der Waals surface area contributed by atoms with Crippen LogP contribution < -0.4 is 5.32 Å². The van der Waals surface area contributed by atoms with Crippen molar-refractivity contribution in [3.63, 3.8) is 0 Å². The molecular formula is C15H18ClN3O3S2. The van der Waals surface area contributed by atoms with Crippen molar-refractivity contribution in [3.8, 4) is 0 Å². The highest BCUT2D eigenvalue weighted by Gasteiger charge is 2.45. The molecule has 9 heteroatoms. The fourth-order valence-corrected chi connectivity index (χ4v) is 5.85. The van der Waals surface area contributed by atoms with E-state index in [9.17, 15) is 13.2 Å². The van der Waals surface area contributed by atoms with Gasteiger partial charge in [-0.25, -0.2) is 8.42 Å². The fraction of sp³-hybridized carbons (Fsp3) is 0.467. The second-order valence-corrected chi connectivity index (χ2v) is 9.49. The zero-order valence-corrected chi connectivity index (χ0v) is 15.7. The summed E-state index contributed by atoms with van der Waals surface area (Å²) in [5.74, 6) is 0.294. The first kappa shape index (κ1) is 17.6. The molecule has 0 aromatic heterocycles. The Hall–Kier alpha value is -1.25. The van der Waals surface area contributed by atoms with Gasteiger partial charge in [0.05, 0.1) is 29.3 Å². The van der Waals surface area contributed by atoms with Gasteiger partial charge in [-0.15, -0.1) is 0 Å². The van der Waals surface area contributed by atoms with Crippen molar-refractivity contribution >= 4 is 50.0 Å². The standard InChI is InChI=1S/C15H18ClN3O3S2/c1-9-10(16)4-3-5-11(9)17-14(20)6-23-15-18-12-7-24(21,22)8-13(12)19(15)2/h3-5,12-13H,6-8H2,1-2H3,(H,17,20)/t12-,13+/m1/s1. The van der Waals surface area contributed by atoms with Gasteiger partial charge in [-0.3, -0.25) is 9.79 Å². The quantitative estimate of drug-likeness (QED) is 0.855. The van der Waals surface area contributed by atoms with Gasteiger partial charge in [-0.05, 0) is 24.6 Å². The average Bonchev–Trinajstić information content (AvgIpc) is 2.95. The highest BCUT2D eigenvalue weighted by molar-refractivity contribution is 8.14. The van der Waals surface area contributed by atoms with Crippen LogP contribution in [0.1, 0.15) is 5.56 Å². The molecule has 1 aromatic carbocycles. The van der Waals surface area contributed by atoms with Crippen molar-refractivity contribution in [2.75, 3.05) is 29.6 Å². The van der Waals surface area contributed by atoms with Crippen LogP contribution in [0.3, 0.4) is 0 Å². The smallest absolute Gasteiger partial charge is 0.234 e. The van der Waals surface area contributed by atoms with Crippen molar-refractivity contribution in [2.24, 2.45) is 4.99 Å². The van der Waals surface area contributed by atoms with Gasteiger partial charge < -0.3 is 10.2 Å². The van der Waals surface area contributed by atoms with Crippen molar-refractivity contribution in [3.05, 3.63) is 28.8 Å². The molecule has 2 atom stereocenters. The molecule has 0 spiro atoms. The number of benzene rings is 1. The van der Waals surface area contributed by atoms with Gasteiger partial charge in [0.1, 0.15) is 0 Å². The molecule has 2 heterocycles. The van der Waals surface area contributed by atoms with E-state index in [1.165, 1.54) is 11.8 Å². The third kappa shape index (κ3) is 3.55. The number of rotatable bonds is 3. The molecule has 1 aromatic rings. The fourth-order valence-electron chi connectivity index (χ4n) is 2.88. The van der Waals surface area contributed by atoms with E-state index in [0.29, 0.717) is 10.7 Å². The number of amidine groups is 1. The predicted molar refractivity (Wildman–Crippen MR) is 98.7 cm³/mol. The molecule has 0 radical (unpaired) electrons. The first-order valence-electron chi connectivity index (χ1n) is 7.45. The van der Waals surface area contributed by atoms with E-state index < -0.39 is 9.84 Å². The number of thioether (sulfide) groups is 1. The first-order valence-corrected chi connectivity index (χ1v) is 10.6. The summed E-state index contributed by atoms with van der Waals surface area (Å²) < 4.78 is 23.3. The second kappa shape index (κ2) is 6.57. The molecule has 1 fully saturated rings. The number of hydrogen-bond acceptors (Lipinski definition) is 6. The van der Waals surface area contributed by atoms with E-state index in [1.807, 2.05) is 18.9 Å². The molecule has 0 unspecified atom stereocenters. The van der Waals surface area contributed by atoms with Crippen LogP contribution in [-0.4, -0.2) is 60.8 Å². The number of aliphatic imine (C=N–C) groups is 1. The molecule has 24 heavy (non-hydrogen) atoms. The number of nitrogens with one attached hydrogen (secondary N) is 1. The van der Waals surface area contributed by atoms with E-state index in [1.54, 1.807) is 18.2 Å². The lowest BCUT2D eigenvalue weighted by Gasteiger charge is -2.20. The van der Waals surface area contributed by atoms with Crippen molar-refractivity contribution in [1.82, 2.24) is 4.90 Å². The Labute approximate surface area is 150 Å². The topological polar surface area (TPSA) is 78.8 Å². The third-order valence-corrected chi connectivity index (χ3v) is 7.41. The summed E-state index contributed by atoms with van der Waals surface area (Å²) in [7, 11) is -1.16. The number of fused-ring (bicyclic) bond motifs is 1. The number of nitrogens with zero attached hydrogens (tertiary/aromatic N) is 2. The number of amides is 1. The molecule has 3 rings (SSSR count). The molecule has 2 aliphatic heterocycles. The summed E-state index contributed by atoms with van der Waals surface area (Å²) in [5, 5.41) is 4.17. The van der Waals surface area contributed by atoms with Gasteiger partial charge in [0.15, 0.2) is 15.0 Å². The molecule has 1 N–H and O–H groups in total. The molecule has 130 valence electrons. The van der Waals surface area contributed by atoms with Crippen LogP contribution in [0.4, 0.5) is 5.69 Å². The van der Waals surface area contributed by atoms with Gasteiger partial charge in [-0.2, -0.15) is 0 Å². The molecule has 1 amide bonds. The Balaban J connectivity index is 1.58. The van der Waals surface area contributed by atoms with Crippen LogP contribution >= 0.6 is 23.4 Å². The highest BCUT2D eigenvalue weighted by atomic mass is 35.5. The minimum Gasteiger partial charge on any atom is -0.348 e. The predicted octanol–water partition coefficient (Wildman–Crippen LogP) is 1.79. The number of halogens is 1. The van der Waals surface area contributed by atoms with Gasteiger partial charge in [0.25, 0.3) is 0 Å². The van der Waals surface area contributed by atoms with Gasteiger partial charge >= 0.3 is 0 Å². The SMILES string of the molecule is Cc1c(Cl)cccc1NC(=O)CSC1=N[C@@H]2CS(=O)(=O)C[C@@H]2N1C. The molecule has 2 aliphatic rings. The second-order valence-electron chi connectivity index (χ2n) is 5.98. The third-order valence-electron chi connectivity index (χ3n) is 4.24. The lowest BCUT2D eigenvalue weighted by atomic mass is 10.2. The normalized spacial score (nSPS) is 24.6. The van der Waals surface area contributed by atoms with Crippen LogP contribution in [0, 0.1) is 6.92 Å². The molecule has 1 saturated heterocycles. The monoisotopic (exact) mass is 387 g/mol. The lowest BCUT2D eigenvalue weighted by molar-refractivity contribution is -0.113. The summed E-state index contributed by atoms with van der Waals surface area (Å²) >= 11 is 7.37. The summed E-state index contributed by atoms with van der Waals surface area (Å²) in [6.07, 6.45) is 0. The van der Waals surface area contributed by atoms with Crippen molar-refractivity contribution in [2.45, 2.75) is 19.0 Å². The number of sulfone groups is 1. The summed E-state index contributed by atoms with van der Waals surface area (Å²) in [6.45, 7) is 1.85. The van der Waals surface area contributed by atoms with E-state index >= 15 is 0 Å². The van der Waals surface area contributed by atoms with Gasteiger partial charge in [0.2, 0.25) is 5.91 Å². The maximum Gasteiger partial charge on any atom is 0.234 e. The maximum atomic E-state index is 12.1.